The molecular formula is C16H20N2O2S. The van der Waals surface area contributed by atoms with Crippen LogP contribution >= 0.6 is 11.3 Å². The number of hydrogen-bond donors (Lipinski definition) is 1. The van der Waals surface area contributed by atoms with Gasteiger partial charge in [-0.25, -0.2) is 9.78 Å². The number of ether oxygens (including phenoxy) is 1. The van der Waals surface area contributed by atoms with Crippen LogP contribution in [-0.4, -0.2) is 17.6 Å². The van der Waals surface area contributed by atoms with Crippen molar-refractivity contribution in [3.63, 3.8) is 0 Å². The molecule has 2 aromatic rings. The maximum Gasteiger partial charge on any atom is 0.357 e. The summed E-state index contributed by atoms with van der Waals surface area (Å²) in [6, 6.07) is 7.85. The molecule has 1 heterocycles. The average Bonchev–Trinajstić information content (AvgIpc) is 2.92. The number of carbonyl (C=O) groups is 1. The molecule has 112 valence electrons. The lowest BCUT2D eigenvalue weighted by atomic mass is 9.86. The predicted molar refractivity (Wildman–Crippen MR) is 85.7 cm³/mol. The van der Waals surface area contributed by atoms with Gasteiger partial charge in [-0.15, -0.1) is 11.3 Å². The number of carbonyl (C=O) groups excluding carboxylic acids is 1. The number of nitrogens with zero attached hydrogens (tertiary/aromatic N) is 1. The van der Waals surface area contributed by atoms with Gasteiger partial charge in [-0.2, -0.15) is 0 Å². The van der Waals surface area contributed by atoms with Crippen molar-refractivity contribution in [1.29, 1.82) is 0 Å². The van der Waals surface area contributed by atoms with E-state index in [-0.39, 0.29) is 11.4 Å². The molecule has 5 heteroatoms. The summed E-state index contributed by atoms with van der Waals surface area (Å²) in [6.45, 7) is 6.39. The maximum atomic E-state index is 11.7. The van der Waals surface area contributed by atoms with Gasteiger partial charge < -0.3 is 10.5 Å². The highest BCUT2D eigenvalue weighted by molar-refractivity contribution is 7.10. The van der Waals surface area contributed by atoms with Crippen molar-refractivity contribution in [1.82, 2.24) is 4.98 Å². The summed E-state index contributed by atoms with van der Waals surface area (Å²) < 4.78 is 4.98. The van der Waals surface area contributed by atoms with Gasteiger partial charge in [-0.05, 0) is 31.0 Å². The highest BCUT2D eigenvalue weighted by atomic mass is 32.1. The number of aromatic nitrogens is 1. The van der Waals surface area contributed by atoms with Gasteiger partial charge in [0.05, 0.1) is 11.6 Å². The third kappa shape index (κ3) is 3.82. The fourth-order valence-electron chi connectivity index (χ4n) is 2.10. The number of nitrogens with two attached hydrogens (primary N) is 1. The molecule has 0 fully saturated rings. The molecule has 2 rings (SSSR count). The molecule has 0 aliphatic carbocycles. The molecule has 21 heavy (non-hydrogen) atoms. The Kier molecular flexibility index (Phi) is 4.63. The van der Waals surface area contributed by atoms with Gasteiger partial charge in [0.25, 0.3) is 0 Å². The Balaban J connectivity index is 2.15. The summed E-state index contributed by atoms with van der Waals surface area (Å²) in [7, 11) is 0. The summed E-state index contributed by atoms with van der Waals surface area (Å²) in [5, 5.41) is 2.69. The van der Waals surface area contributed by atoms with Crippen molar-refractivity contribution in [3.8, 4) is 0 Å². The van der Waals surface area contributed by atoms with E-state index in [1.54, 1.807) is 12.3 Å². The Labute approximate surface area is 129 Å². The van der Waals surface area contributed by atoms with Crippen molar-refractivity contribution in [3.05, 3.63) is 45.9 Å². The van der Waals surface area contributed by atoms with Gasteiger partial charge in [-0.1, -0.05) is 26.0 Å². The van der Waals surface area contributed by atoms with E-state index < -0.39 is 0 Å². The van der Waals surface area contributed by atoms with E-state index in [9.17, 15) is 4.79 Å². The normalized spacial score (nSPS) is 11.4. The van der Waals surface area contributed by atoms with Gasteiger partial charge in [0.2, 0.25) is 0 Å². The smallest absolute Gasteiger partial charge is 0.357 e. The summed E-state index contributed by atoms with van der Waals surface area (Å²) in [4.78, 5) is 16.1. The summed E-state index contributed by atoms with van der Waals surface area (Å²) in [5.41, 5.74) is 7.90. The monoisotopic (exact) mass is 304 g/mol. The van der Waals surface area contributed by atoms with Crippen LogP contribution < -0.4 is 5.73 Å². The van der Waals surface area contributed by atoms with E-state index in [1.165, 1.54) is 16.9 Å². The Bertz CT molecular complexity index is 617. The van der Waals surface area contributed by atoms with E-state index in [0.717, 1.165) is 17.1 Å². The number of benzene rings is 1. The summed E-state index contributed by atoms with van der Waals surface area (Å²) in [5.74, 6) is -0.358. The van der Waals surface area contributed by atoms with Crippen LogP contribution in [0.3, 0.4) is 0 Å². The highest BCUT2D eigenvalue weighted by Gasteiger charge is 2.26. The SMILES string of the molecule is CCOC(=O)c1csc(C(C)(C)Cc2ccc(N)cc2)n1. The maximum absolute atomic E-state index is 11.7. The van der Waals surface area contributed by atoms with Crippen LogP contribution in [0.4, 0.5) is 5.69 Å². The second-order valence-electron chi connectivity index (χ2n) is 5.56. The summed E-state index contributed by atoms with van der Waals surface area (Å²) in [6.07, 6.45) is 0.836. The first-order valence-electron chi connectivity index (χ1n) is 6.90. The van der Waals surface area contributed by atoms with Crippen LogP contribution in [0.25, 0.3) is 0 Å². The zero-order valence-electron chi connectivity index (χ0n) is 12.6. The molecule has 0 aliphatic rings. The van der Waals surface area contributed by atoms with Crippen LogP contribution in [0.15, 0.2) is 29.6 Å². The molecule has 0 atom stereocenters. The Morgan fingerprint density at radius 1 is 1.33 bits per heavy atom. The standard InChI is InChI=1S/C16H20N2O2S/c1-4-20-14(19)13-10-21-15(18-13)16(2,3)9-11-5-7-12(17)8-6-11/h5-8,10H,4,9,17H2,1-3H3. The first-order valence-corrected chi connectivity index (χ1v) is 7.78. The Morgan fingerprint density at radius 3 is 2.62 bits per heavy atom. The molecule has 0 spiro atoms. The number of thiazole rings is 1. The van der Waals surface area contributed by atoms with E-state index in [4.69, 9.17) is 10.5 Å². The van der Waals surface area contributed by atoms with Gasteiger partial charge in [-0.3, -0.25) is 0 Å². The van der Waals surface area contributed by atoms with Crippen molar-refractivity contribution in [2.24, 2.45) is 0 Å². The second-order valence-corrected chi connectivity index (χ2v) is 6.42. The minimum Gasteiger partial charge on any atom is -0.461 e. The number of nitrogen functional groups attached to an aromatic ring is 1. The largest absolute Gasteiger partial charge is 0.461 e. The van der Waals surface area contributed by atoms with Crippen molar-refractivity contribution >= 4 is 23.0 Å². The molecule has 0 amide bonds. The molecule has 2 N–H and O–H groups in total. The van der Waals surface area contributed by atoms with Gasteiger partial charge in [0.15, 0.2) is 5.69 Å². The zero-order chi connectivity index (χ0) is 15.5. The second kappa shape index (κ2) is 6.26. The van der Waals surface area contributed by atoms with Crippen molar-refractivity contribution in [2.45, 2.75) is 32.6 Å². The fraction of sp³-hybridized carbons (Fsp3) is 0.375. The number of rotatable bonds is 5. The highest BCUT2D eigenvalue weighted by Crippen LogP contribution is 2.30. The average molecular weight is 304 g/mol. The summed E-state index contributed by atoms with van der Waals surface area (Å²) >= 11 is 1.50. The van der Waals surface area contributed by atoms with Crippen LogP contribution in [0, 0.1) is 0 Å². The number of esters is 1. The van der Waals surface area contributed by atoms with Crippen molar-refractivity contribution < 1.29 is 9.53 Å². The molecule has 0 saturated carbocycles. The van der Waals surface area contributed by atoms with Crippen LogP contribution in [0.5, 0.6) is 0 Å². The van der Waals surface area contributed by atoms with Crippen molar-refractivity contribution in [2.75, 3.05) is 12.3 Å². The molecule has 0 saturated heterocycles. The fourth-order valence-corrected chi connectivity index (χ4v) is 3.02. The molecule has 1 aromatic heterocycles. The molecule has 0 unspecified atom stereocenters. The molecule has 0 aliphatic heterocycles. The van der Waals surface area contributed by atoms with Gasteiger partial charge >= 0.3 is 5.97 Å². The minimum atomic E-state index is -0.358. The molecule has 4 nitrogen and oxygen atoms in total. The van der Waals surface area contributed by atoms with E-state index in [0.29, 0.717) is 12.3 Å². The van der Waals surface area contributed by atoms with Gasteiger partial charge in [0.1, 0.15) is 0 Å². The molecule has 1 aromatic carbocycles. The molecular weight excluding hydrogens is 284 g/mol. The Morgan fingerprint density at radius 2 is 2.00 bits per heavy atom. The zero-order valence-corrected chi connectivity index (χ0v) is 13.4. The van der Waals surface area contributed by atoms with Crippen LogP contribution in [0.1, 0.15) is 41.8 Å². The molecule has 0 bridgehead atoms. The van der Waals surface area contributed by atoms with Gasteiger partial charge in [0, 0.05) is 16.5 Å². The lowest BCUT2D eigenvalue weighted by Gasteiger charge is -2.22. The first-order chi connectivity index (χ1) is 9.92. The topological polar surface area (TPSA) is 65.2 Å². The van der Waals surface area contributed by atoms with Crippen LogP contribution in [0.2, 0.25) is 0 Å². The minimum absolute atomic E-state index is 0.147. The first kappa shape index (κ1) is 15.5. The quantitative estimate of drug-likeness (QED) is 0.679. The number of hydrogen-bond acceptors (Lipinski definition) is 5. The third-order valence-corrected chi connectivity index (χ3v) is 4.40. The van der Waals surface area contributed by atoms with E-state index in [1.807, 2.05) is 24.3 Å². The van der Waals surface area contributed by atoms with E-state index in [2.05, 4.69) is 18.8 Å². The Hall–Kier alpha value is -1.88. The number of anilines is 1. The lowest BCUT2D eigenvalue weighted by molar-refractivity contribution is 0.0520. The van der Waals surface area contributed by atoms with Crippen LogP contribution in [-0.2, 0) is 16.6 Å². The van der Waals surface area contributed by atoms with E-state index >= 15 is 0 Å². The predicted octanol–water partition coefficient (Wildman–Crippen LogP) is 3.42. The third-order valence-electron chi connectivity index (χ3n) is 3.19. The molecule has 0 radical (unpaired) electrons. The lowest BCUT2D eigenvalue weighted by Crippen LogP contribution is -2.20.